The first-order chi connectivity index (χ1) is 11.8. The Hall–Kier alpha value is -3.12. The van der Waals surface area contributed by atoms with Crippen molar-refractivity contribution in [3.63, 3.8) is 0 Å². The van der Waals surface area contributed by atoms with Crippen molar-refractivity contribution < 1.29 is 0 Å². The zero-order valence-corrected chi connectivity index (χ0v) is 13.4. The molecule has 0 bridgehead atoms. The van der Waals surface area contributed by atoms with Crippen molar-refractivity contribution in [2.75, 3.05) is 0 Å². The van der Waals surface area contributed by atoms with E-state index in [-0.39, 0.29) is 5.56 Å². The van der Waals surface area contributed by atoms with Crippen molar-refractivity contribution in [3.05, 3.63) is 82.5 Å². The predicted octanol–water partition coefficient (Wildman–Crippen LogP) is 3.40. The lowest BCUT2D eigenvalue weighted by Crippen LogP contribution is -2.16. The van der Waals surface area contributed by atoms with Crippen molar-refractivity contribution in [1.82, 2.24) is 14.6 Å². The highest BCUT2D eigenvalue weighted by atomic mass is 32.1. The van der Waals surface area contributed by atoms with Gasteiger partial charge in [-0.3, -0.25) is 9.78 Å². The Morgan fingerprint density at radius 3 is 2.67 bits per heavy atom. The highest BCUT2D eigenvalue weighted by Gasteiger charge is 2.12. The fourth-order valence-corrected chi connectivity index (χ4v) is 3.32. The van der Waals surface area contributed by atoms with Gasteiger partial charge >= 0.3 is 0 Å². The van der Waals surface area contributed by atoms with Crippen molar-refractivity contribution in [3.8, 4) is 11.1 Å². The molecule has 6 heteroatoms. The molecule has 0 amide bonds. The second-order valence-corrected chi connectivity index (χ2v) is 5.95. The monoisotopic (exact) mass is 332 g/mol. The lowest BCUT2D eigenvalue weighted by molar-refractivity contribution is 0.818. The van der Waals surface area contributed by atoms with Crippen LogP contribution in [-0.4, -0.2) is 20.9 Å². The molecule has 0 spiro atoms. The standard InChI is InChI=1S/C18H12N4OS/c23-18-16-15(13-6-2-1-3-7-13)11-24-17(16)20-12-22(18)21-10-14-8-4-5-9-19-14/h1-12H. The second kappa shape index (κ2) is 6.17. The first kappa shape index (κ1) is 14.5. The summed E-state index contributed by atoms with van der Waals surface area (Å²) in [7, 11) is 0. The van der Waals surface area contributed by atoms with Crippen LogP contribution in [0.4, 0.5) is 0 Å². The summed E-state index contributed by atoms with van der Waals surface area (Å²) in [6, 6.07) is 15.3. The van der Waals surface area contributed by atoms with Gasteiger partial charge in [-0.15, -0.1) is 11.3 Å². The van der Waals surface area contributed by atoms with Crippen molar-refractivity contribution in [2.45, 2.75) is 0 Å². The van der Waals surface area contributed by atoms with E-state index in [0.29, 0.717) is 15.9 Å². The molecule has 3 heterocycles. The summed E-state index contributed by atoms with van der Waals surface area (Å²) >= 11 is 1.46. The molecule has 4 rings (SSSR count). The number of thiophene rings is 1. The molecule has 116 valence electrons. The van der Waals surface area contributed by atoms with Crippen molar-refractivity contribution in [1.29, 1.82) is 0 Å². The van der Waals surface area contributed by atoms with E-state index in [9.17, 15) is 4.79 Å². The van der Waals surface area contributed by atoms with Gasteiger partial charge < -0.3 is 0 Å². The van der Waals surface area contributed by atoms with Crippen LogP contribution in [0.1, 0.15) is 5.69 Å². The van der Waals surface area contributed by atoms with Crippen LogP contribution >= 0.6 is 11.3 Å². The Morgan fingerprint density at radius 1 is 1.04 bits per heavy atom. The van der Waals surface area contributed by atoms with Crippen LogP contribution in [-0.2, 0) is 0 Å². The topological polar surface area (TPSA) is 60.1 Å². The summed E-state index contributed by atoms with van der Waals surface area (Å²) in [6.45, 7) is 0. The number of benzene rings is 1. The average Bonchev–Trinajstić information content (AvgIpc) is 3.08. The Bertz CT molecular complexity index is 1070. The van der Waals surface area contributed by atoms with Crippen LogP contribution in [0.2, 0.25) is 0 Å². The van der Waals surface area contributed by atoms with E-state index in [0.717, 1.165) is 11.1 Å². The summed E-state index contributed by atoms with van der Waals surface area (Å²) in [4.78, 5) is 22.0. The Kier molecular flexibility index (Phi) is 3.72. The van der Waals surface area contributed by atoms with Gasteiger partial charge in [0.1, 0.15) is 11.2 Å². The molecule has 0 saturated carbocycles. The van der Waals surface area contributed by atoms with Crippen LogP contribution in [0.25, 0.3) is 21.3 Å². The minimum atomic E-state index is -0.188. The van der Waals surface area contributed by atoms with E-state index in [1.807, 2.05) is 53.9 Å². The third-order valence-electron chi connectivity index (χ3n) is 3.56. The van der Waals surface area contributed by atoms with Gasteiger partial charge in [-0.05, 0) is 17.7 Å². The van der Waals surface area contributed by atoms with Gasteiger partial charge in [0, 0.05) is 17.1 Å². The van der Waals surface area contributed by atoms with E-state index in [1.165, 1.54) is 22.3 Å². The van der Waals surface area contributed by atoms with Gasteiger partial charge in [-0.25, -0.2) is 4.98 Å². The van der Waals surface area contributed by atoms with Crippen molar-refractivity contribution >= 4 is 27.8 Å². The SMILES string of the molecule is O=c1c2c(-c3ccccc3)csc2ncn1N=Cc1ccccn1. The largest absolute Gasteiger partial charge is 0.283 e. The molecule has 0 fully saturated rings. The molecular weight excluding hydrogens is 320 g/mol. The van der Waals surface area contributed by atoms with Gasteiger partial charge in [0.15, 0.2) is 0 Å². The lowest BCUT2D eigenvalue weighted by Gasteiger charge is -2.01. The molecule has 0 aliphatic carbocycles. The molecular formula is C18H12N4OS. The molecule has 1 aromatic carbocycles. The highest BCUT2D eigenvalue weighted by Crippen LogP contribution is 2.30. The number of aromatic nitrogens is 3. The smallest absolute Gasteiger partial charge is 0.267 e. The predicted molar refractivity (Wildman–Crippen MR) is 96.5 cm³/mol. The molecule has 0 radical (unpaired) electrons. The first-order valence-electron chi connectivity index (χ1n) is 7.32. The van der Waals surface area contributed by atoms with E-state index >= 15 is 0 Å². The van der Waals surface area contributed by atoms with Gasteiger partial charge in [0.05, 0.1) is 17.3 Å². The van der Waals surface area contributed by atoms with E-state index in [4.69, 9.17) is 0 Å². The van der Waals surface area contributed by atoms with Crippen LogP contribution in [0.5, 0.6) is 0 Å². The number of pyridine rings is 1. The zero-order valence-electron chi connectivity index (χ0n) is 12.5. The Labute approximate surface area is 141 Å². The van der Waals surface area contributed by atoms with Gasteiger partial charge in [0.2, 0.25) is 0 Å². The van der Waals surface area contributed by atoms with Gasteiger partial charge in [-0.2, -0.15) is 9.78 Å². The summed E-state index contributed by atoms with van der Waals surface area (Å²) in [6.07, 6.45) is 4.66. The summed E-state index contributed by atoms with van der Waals surface area (Å²) in [5, 5.41) is 6.75. The number of fused-ring (bicyclic) bond motifs is 1. The van der Waals surface area contributed by atoms with Gasteiger partial charge in [0.25, 0.3) is 5.56 Å². The maximum atomic E-state index is 12.8. The van der Waals surface area contributed by atoms with Crippen LogP contribution in [0, 0.1) is 0 Å². The summed E-state index contributed by atoms with van der Waals surface area (Å²) in [5.41, 5.74) is 2.37. The number of hydrogen-bond acceptors (Lipinski definition) is 5. The summed E-state index contributed by atoms with van der Waals surface area (Å²) in [5.74, 6) is 0. The molecule has 0 atom stereocenters. The molecule has 5 nitrogen and oxygen atoms in total. The third-order valence-corrected chi connectivity index (χ3v) is 4.45. The van der Waals surface area contributed by atoms with E-state index < -0.39 is 0 Å². The minimum Gasteiger partial charge on any atom is -0.267 e. The fourth-order valence-electron chi connectivity index (χ4n) is 2.41. The zero-order chi connectivity index (χ0) is 16.4. The third kappa shape index (κ3) is 2.63. The molecule has 24 heavy (non-hydrogen) atoms. The van der Waals surface area contributed by atoms with Crippen molar-refractivity contribution in [2.24, 2.45) is 5.10 Å². The second-order valence-electron chi connectivity index (χ2n) is 5.09. The first-order valence-corrected chi connectivity index (χ1v) is 8.20. The highest BCUT2D eigenvalue weighted by molar-refractivity contribution is 7.17. The summed E-state index contributed by atoms with van der Waals surface area (Å²) < 4.78 is 1.25. The molecule has 0 N–H and O–H groups in total. The van der Waals surface area contributed by atoms with Gasteiger partial charge in [-0.1, -0.05) is 36.4 Å². The van der Waals surface area contributed by atoms with E-state index in [2.05, 4.69) is 15.1 Å². The average molecular weight is 332 g/mol. The molecule has 3 aromatic heterocycles. The Morgan fingerprint density at radius 2 is 1.88 bits per heavy atom. The maximum Gasteiger partial charge on any atom is 0.283 e. The number of rotatable bonds is 3. The molecule has 0 aliphatic heterocycles. The van der Waals surface area contributed by atoms with Crippen LogP contribution in [0.15, 0.2) is 76.3 Å². The number of hydrogen-bond donors (Lipinski definition) is 0. The molecule has 0 aliphatic rings. The van der Waals surface area contributed by atoms with Crippen LogP contribution in [0.3, 0.4) is 0 Å². The Balaban J connectivity index is 1.83. The van der Waals surface area contributed by atoms with E-state index in [1.54, 1.807) is 12.4 Å². The molecule has 0 unspecified atom stereocenters. The quantitative estimate of drug-likeness (QED) is 0.540. The number of nitrogens with zero attached hydrogens (tertiary/aromatic N) is 4. The fraction of sp³-hybridized carbons (Fsp3) is 0. The maximum absolute atomic E-state index is 12.8. The molecule has 0 saturated heterocycles. The normalized spacial score (nSPS) is 11.3. The lowest BCUT2D eigenvalue weighted by atomic mass is 10.1. The minimum absolute atomic E-state index is 0.188. The van der Waals surface area contributed by atoms with Crippen LogP contribution < -0.4 is 5.56 Å². The molecule has 4 aromatic rings.